The first-order chi connectivity index (χ1) is 8.31. The van der Waals surface area contributed by atoms with Gasteiger partial charge in [0.2, 0.25) is 0 Å². The molecule has 88 valence electrons. The van der Waals surface area contributed by atoms with E-state index >= 15 is 0 Å². The second-order valence-electron chi connectivity index (χ2n) is 4.95. The summed E-state index contributed by atoms with van der Waals surface area (Å²) >= 11 is 0. The number of carbonyl (C=O) groups is 1. The first-order valence-corrected chi connectivity index (χ1v) is 6.36. The van der Waals surface area contributed by atoms with Crippen molar-refractivity contribution < 1.29 is 4.79 Å². The lowest BCUT2D eigenvalue weighted by Crippen LogP contribution is -2.33. The Balaban J connectivity index is 1.96. The minimum atomic E-state index is 0.218. The van der Waals surface area contributed by atoms with E-state index in [0.29, 0.717) is 6.04 Å². The summed E-state index contributed by atoms with van der Waals surface area (Å²) in [4.78, 5) is 14.4. The Labute approximate surface area is 102 Å². The van der Waals surface area contributed by atoms with Crippen molar-refractivity contribution in [2.45, 2.75) is 38.3 Å². The van der Waals surface area contributed by atoms with E-state index in [-0.39, 0.29) is 5.91 Å². The molecule has 0 bridgehead atoms. The van der Waals surface area contributed by atoms with E-state index in [1.54, 1.807) is 0 Å². The lowest BCUT2D eigenvalue weighted by Gasteiger charge is -2.23. The SMILES string of the molecule is C=Cc1cccc2c1CN(C1CCCC1)C2=O. The van der Waals surface area contributed by atoms with Gasteiger partial charge in [0.15, 0.2) is 0 Å². The molecule has 17 heavy (non-hydrogen) atoms. The van der Waals surface area contributed by atoms with Crippen LogP contribution in [0.4, 0.5) is 0 Å². The molecule has 1 saturated carbocycles. The van der Waals surface area contributed by atoms with Crippen molar-refractivity contribution in [2.24, 2.45) is 0 Å². The lowest BCUT2D eigenvalue weighted by molar-refractivity contribution is 0.0707. The normalized spacial score (nSPS) is 19.8. The second-order valence-corrected chi connectivity index (χ2v) is 4.95. The molecule has 0 atom stereocenters. The van der Waals surface area contributed by atoms with E-state index in [4.69, 9.17) is 0 Å². The number of hydrogen-bond acceptors (Lipinski definition) is 1. The highest BCUT2D eigenvalue weighted by Crippen LogP contribution is 2.33. The van der Waals surface area contributed by atoms with Crippen LogP contribution < -0.4 is 0 Å². The van der Waals surface area contributed by atoms with Gasteiger partial charge in [0.05, 0.1) is 0 Å². The van der Waals surface area contributed by atoms with Crippen molar-refractivity contribution in [1.29, 1.82) is 0 Å². The highest BCUT2D eigenvalue weighted by atomic mass is 16.2. The predicted molar refractivity (Wildman–Crippen MR) is 68.7 cm³/mol. The van der Waals surface area contributed by atoms with Crippen molar-refractivity contribution in [2.75, 3.05) is 0 Å². The number of benzene rings is 1. The van der Waals surface area contributed by atoms with Gasteiger partial charge in [-0.1, -0.05) is 37.6 Å². The van der Waals surface area contributed by atoms with Gasteiger partial charge in [0.1, 0.15) is 0 Å². The number of carbonyl (C=O) groups excluding carboxylic acids is 1. The minimum Gasteiger partial charge on any atom is -0.331 e. The zero-order valence-electron chi connectivity index (χ0n) is 9.98. The summed E-state index contributed by atoms with van der Waals surface area (Å²) in [7, 11) is 0. The molecule has 1 aliphatic carbocycles. The van der Waals surface area contributed by atoms with E-state index in [1.165, 1.54) is 31.2 Å². The molecule has 3 rings (SSSR count). The van der Waals surface area contributed by atoms with Crippen LogP contribution >= 0.6 is 0 Å². The van der Waals surface area contributed by atoms with Crippen LogP contribution in [0.25, 0.3) is 6.08 Å². The summed E-state index contributed by atoms with van der Waals surface area (Å²) in [6, 6.07) is 6.40. The van der Waals surface area contributed by atoms with Gasteiger partial charge >= 0.3 is 0 Å². The van der Waals surface area contributed by atoms with Crippen LogP contribution in [0, 0.1) is 0 Å². The standard InChI is InChI=1S/C15H17NO/c1-2-11-6-5-9-13-14(11)10-16(15(13)17)12-7-3-4-8-12/h2,5-6,9,12H,1,3-4,7-8,10H2. The molecule has 2 nitrogen and oxygen atoms in total. The van der Waals surface area contributed by atoms with Crippen molar-refractivity contribution in [1.82, 2.24) is 4.90 Å². The number of fused-ring (bicyclic) bond motifs is 1. The topological polar surface area (TPSA) is 20.3 Å². The zero-order chi connectivity index (χ0) is 11.8. The van der Waals surface area contributed by atoms with Crippen molar-refractivity contribution in [3.8, 4) is 0 Å². The van der Waals surface area contributed by atoms with Gasteiger partial charge in [-0.25, -0.2) is 0 Å². The summed E-state index contributed by atoms with van der Waals surface area (Å²) in [6.45, 7) is 4.60. The summed E-state index contributed by atoms with van der Waals surface area (Å²) in [5, 5.41) is 0. The second kappa shape index (κ2) is 4.02. The van der Waals surface area contributed by atoms with E-state index in [0.717, 1.165) is 17.7 Å². The van der Waals surface area contributed by atoms with Crippen molar-refractivity contribution in [3.63, 3.8) is 0 Å². The molecule has 1 amide bonds. The molecule has 0 spiro atoms. The van der Waals surface area contributed by atoms with Crippen LogP contribution in [0.15, 0.2) is 24.8 Å². The Bertz CT molecular complexity index is 472. The van der Waals surface area contributed by atoms with Crippen LogP contribution in [-0.2, 0) is 6.54 Å². The van der Waals surface area contributed by atoms with E-state index in [2.05, 4.69) is 11.5 Å². The van der Waals surface area contributed by atoms with Gasteiger partial charge < -0.3 is 4.90 Å². The van der Waals surface area contributed by atoms with Crippen LogP contribution in [0.1, 0.15) is 47.2 Å². The highest BCUT2D eigenvalue weighted by molar-refractivity contribution is 5.99. The van der Waals surface area contributed by atoms with Gasteiger partial charge in [-0.05, 0) is 30.0 Å². The molecular formula is C15H17NO. The first-order valence-electron chi connectivity index (χ1n) is 6.36. The van der Waals surface area contributed by atoms with Gasteiger partial charge in [-0.15, -0.1) is 0 Å². The smallest absolute Gasteiger partial charge is 0.254 e. The first kappa shape index (κ1) is 10.6. The number of hydrogen-bond donors (Lipinski definition) is 0. The largest absolute Gasteiger partial charge is 0.331 e. The molecule has 0 N–H and O–H groups in total. The van der Waals surface area contributed by atoms with E-state index in [9.17, 15) is 4.79 Å². The fourth-order valence-electron chi connectivity index (χ4n) is 3.08. The van der Waals surface area contributed by atoms with Gasteiger partial charge in [0.25, 0.3) is 5.91 Å². The van der Waals surface area contributed by atoms with E-state index < -0.39 is 0 Å². The monoisotopic (exact) mass is 227 g/mol. The zero-order valence-corrected chi connectivity index (χ0v) is 9.98. The third kappa shape index (κ3) is 1.59. The summed E-state index contributed by atoms with van der Waals surface area (Å²) < 4.78 is 0. The van der Waals surface area contributed by atoms with Crippen LogP contribution in [0.5, 0.6) is 0 Å². The van der Waals surface area contributed by atoms with Crippen molar-refractivity contribution >= 4 is 12.0 Å². The Morgan fingerprint density at radius 2 is 2.06 bits per heavy atom. The molecule has 0 saturated heterocycles. The van der Waals surface area contributed by atoms with Crippen LogP contribution in [0.2, 0.25) is 0 Å². The average Bonchev–Trinajstić information content (AvgIpc) is 2.97. The molecule has 1 aliphatic heterocycles. The van der Waals surface area contributed by atoms with E-state index in [1.807, 2.05) is 24.3 Å². The van der Waals surface area contributed by atoms with Gasteiger partial charge in [-0.3, -0.25) is 4.79 Å². The Hall–Kier alpha value is -1.57. The third-order valence-electron chi connectivity index (χ3n) is 4.02. The maximum atomic E-state index is 12.3. The molecule has 1 aromatic rings. The number of amides is 1. The fraction of sp³-hybridized carbons (Fsp3) is 0.400. The Morgan fingerprint density at radius 1 is 1.29 bits per heavy atom. The molecule has 1 aromatic carbocycles. The Morgan fingerprint density at radius 3 is 2.76 bits per heavy atom. The van der Waals surface area contributed by atoms with Crippen LogP contribution in [0.3, 0.4) is 0 Å². The molecule has 0 aromatic heterocycles. The molecule has 1 fully saturated rings. The van der Waals surface area contributed by atoms with Crippen molar-refractivity contribution in [3.05, 3.63) is 41.5 Å². The molecule has 0 unspecified atom stereocenters. The molecular weight excluding hydrogens is 210 g/mol. The van der Waals surface area contributed by atoms with Gasteiger partial charge in [0, 0.05) is 18.2 Å². The summed E-state index contributed by atoms with van der Waals surface area (Å²) in [5.74, 6) is 0.218. The lowest BCUT2D eigenvalue weighted by atomic mass is 10.0. The maximum absolute atomic E-state index is 12.3. The number of rotatable bonds is 2. The number of nitrogens with zero attached hydrogens (tertiary/aromatic N) is 1. The quantitative estimate of drug-likeness (QED) is 0.759. The average molecular weight is 227 g/mol. The molecule has 2 aliphatic rings. The minimum absolute atomic E-state index is 0.218. The fourth-order valence-corrected chi connectivity index (χ4v) is 3.08. The summed E-state index contributed by atoms with van der Waals surface area (Å²) in [6.07, 6.45) is 6.72. The highest BCUT2D eigenvalue weighted by Gasteiger charge is 2.34. The summed E-state index contributed by atoms with van der Waals surface area (Å²) in [5.41, 5.74) is 3.16. The molecule has 2 heteroatoms. The predicted octanol–water partition coefficient (Wildman–Crippen LogP) is 3.23. The molecule has 0 radical (unpaired) electrons. The maximum Gasteiger partial charge on any atom is 0.254 e. The third-order valence-corrected chi connectivity index (χ3v) is 4.02. The van der Waals surface area contributed by atoms with Crippen LogP contribution in [-0.4, -0.2) is 16.8 Å². The molecule has 1 heterocycles. The van der Waals surface area contributed by atoms with Gasteiger partial charge in [-0.2, -0.15) is 0 Å². The Kier molecular flexibility index (Phi) is 2.50.